The minimum Gasteiger partial charge on any atom is -0.309 e. The average Bonchev–Trinajstić information content (AvgIpc) is 2.54. The van der Waals surface area contributed by atoms with Crippen LogP contribution in [0.15, 0.2) is 73.3 Å². The number of hydrogen-bond donors (Lipinski definition) is 0. The minimum absolute atomic E-state index is 0.123. The lowest BCUT2D eigenvalue weighted by atomic mass is 9.97. The second-order valence-corrected chi connectivity index (χ2v) is 5.14. The smallest absolute Gasteiger partial charge is 0.227 e. The number of hydrogen-bond acceptors (Lipinski definition) is 1. The van der Waals surface area contributed by atoms with Crippen LogP contribution in [0.3, 0.4) is 0 Å². The van der Waals surface area contributed by atoms with E-state index in [0.717, 1.165) is 5.69 Å². The zero-order valence-electron chi connectivity index (χ0n) is 12.4. The van der Waals surface area contributed by atoms with Crippen LogP contribution < -0.4 is 4.90 Å². The third-order valence-electron chi connectivity index (χ3n) is 3.53. The Morgan fingerprint density at radius 3 is 2.24 bits per heavy atom. The van der Waals surface area contributed by atoms with Crippen molar-refractivity contribution in [2.24, 2.45) is 0 Å². The molecule has 1 amide bonds. The Morgan fingerprint density at radius 1 is 1.10 bits per heavy atom. The number of amides is 1. The monoisotopic (exact) mass is 279 g/mol. The first-order chi connectivity index (χ1) is 10.2. The first-order valence-corrected chi connectivity index (χ1v) is 7.23. The molecule has 108 valence electrons. The van der Waals surface area contributed by atoms with Crippen molar-refractivity contribution < 1.29 is 4.79 Å². The van der Waals surface area contributed by atoms with Gasteiger partial charge in [-0.25, -0.2) is 0 Å². The van der Waals surface area contributed by atoms with Crippen LogP contribution in [0.1, 0.15) is 24.8 Å². The Balaban J connectivity index is 2.11. The number of para-hydroxylation sites is 1. The van der Waals surface area contributed by atoms with Crippen molar-refractivity contribution in [2.45, 2.75) is 19.3 Å². The predicted molar refractivity (Wildman–Crippen MR) is 88.5 cm³/mol. The summed E-state index contributed by atoms with van der Waals surface area (Å²) in [4.78, 5) is 14.4. The Kier molecular flexibility index (Phi) is 5.33. The standard InChI is InChI=1S/C19H21NO/c1-3-14-20(18-12-8-5-9-13-18)19(21)15-16(2)17-10-6-4-7-11-17/h3-13,16H,1,14-15H2,2H3. The molecule has 0 saturated carbocycles. The fourth-order valence-electron chi connectivity index (χ4n) is 2.36. The lowest BCUT2D eigenvalue weighted by molar-refractivity contribution is -0.118. The fourth-order valence-corrected chi connectivity index (χ4v) is 2.36. The molecule has 2 heteroatoms. The third-order valence-corrected chi connectivity index (χ3v) is 3.53. The van der Waals surface area contributed by atoms with Gasteiger partial charge in [-0.1, -0.05) is 61.5 Å². The second-order valence-electron chi connectivity index (χ2n) is 5.14. The SMILES string of the molecule is C=CCN(C(=O)CC(C)c1ccccc1)c1ccccc1. The summed E-state index contributed by atoms with van der Waals surface area (Å²) >= 11 is 0. The quantitative estimate of drug-likeness (QED) is 0.718. The maximum absolute atomic E-state index is 12.6. The molecule has 2 aromatic rings. The summed E-state index contributed by atoms with van der Waals surface area (Å²) in [6.07, 6.45) is 2.25. The first kappa shape index (κ1) is 15.0. The summed E-state index contributed by atoms with van der Waals surface area (Å²) in [6, 6.07) is 19.9. The molecule has 0 saturated heterocycles. The molecule has 0 aliphatic rings. The Labute approximate surface area is 126 Å². The maximum atomic E-state index is 12.6. The van der Waals surface area contributed by atoms with E-state index in [-0.39, 0.29) is 11.8 Å². The van der Waals surface area contributed by atoms with Gasteiger partial charge in [-0.3, -0.25) is 4.79 Å². The zero-order chi connectivity index (χ0) is 15.1. The predicted octanol–water partition coefficient (Wildman–Crippen LogP) is 4.40. The van der Waals surface area contributed by atoms with E-state index in [1.807, 2.05) is 48.5 Å². The van der Waals surface area contributed by atoms with Crippen LogP contribution in [0.4, 0.5) is 5.69 Å². The van der Waals surface area contributed by atoms with Crippen molar-refractivity contribution in [1.29, 1.82) is 0 Å². The molecule has 0 fully saturated rings. The van der Waals surface area contributed by atoms with E-state index in [2.05, 4.69) is 25.6 Å². The van der Waals surface area contributed by atoms with Crippen molar-refractivity contribution >= 4 is 11.6 Å². The molecule has 0 aliphatic heterocycles. The highest BCUT2D eigenvalue weighted by atomic mass is 16.2. The van der Waals surface area contributed by atoms with Crippen molar-refractivity contribution in [3.63, 3.8) is 0 Å². The number of anilines is 1. The molecule has 2 rings (SSSR count). The van der Waals surface area contributed by atoms with E-state index in [9.17, 15) is 4.79 Å². The van der Waals surface area contributed by atoms with Crippen LogP contribution in [-0.2, 0) is 4.79 Å². The minimum atomic E-state index is 0.123. The number of nitrogens with zero attached hydrogens (tertiary/aromatic N) is 1. The molecule has 0 heterocycles. The van der Waals surface area contributed by atoms with Crippen LogP contribution in [0.5, 0.6) is 0 Å². The zero-order valence-corrected chi connectivity index (χ0v) is 12.4. The molecule has 0 spiro atoms. The molecular weight excluding hydrogens is 258 g/mol. The van der Waals surface area contributed by atoms with Gasteiger partial charge in [0.05, 0.1) is 0 Å². The fraction of sp³-hybridized carbons (Fsp3) is 0.211. The van der Waals surface area contributed by atoms with Crippen molar-refractivity contribution in [2.75, 3.05) is 11.4 Å². The van der Waals surface area contributed by atoms with Gasteiger partial charge in [0.25, 0.3) is 0 Å². The van der Waals surface area contributed by atoms with Gasteiger partial charge in [-0.15, -0.1) is 6.58 Å². The highest BCUT2D eigenvalue weighted by molar-refractivity contribution is 5.94. The van der Waals surface area contributed by atoms with E-state index in [0.29, 0.717) is 13.0 Å². The Morgan fingerprint density at radius 2 is 1.67 bits per heavy atom. The van der Waals surface area contributed by atoms with E-state index >= 15 is 0 Å². The van der Waals surface area contributed by atoms with E-state index in [1.165, 1.54) is 5.56 Å². The van der Waals surface area contributed by atoms with Crippen LogP contribution in [0, 0.1) is 0 Å². The molecule has 2 aromatic carbocycles. The lowest BCUT2D eigenvalue weighted by Crippen LogP contribution is -2.31. The Hall–Kier alpha value is -2.35. The molecule has 0 aliphatic carbocycles. The summed E-state index contributed by atoms with van der Waals surface area (Å²) in [6.45, 7) is 6.37. The summed E-state index contributed by atoms with van der Waals surface area (Å²) < 4.78 is 0. The number of carbonyl (C=O) groups is 1. The largest absolute Gasteiger partial charge is 0.309 e. The molecule has 0 aromatic heterocycles. The van der Waals surface area contributed by atoms with E-state index < -0.39 is 0 Å². The third kappa shape index (κ3) is 4.06. The molecule has 1 unspecified atom stereocenters. The Bertz CT molecular complexity index is 577. The van der Waals surface area contributed by atoms with Crippen molar-refractivity contribution in [3.8, 4) is 0 Å². The van der Waals surface area contributed by atoms with E-state index in [4.69, 9.17) is 0 Å². The molecular formula is C19H21NO. The van der Waals surface area contributed by atoms with Crippen LogP contribution in [-0.4, -0.2) is 12.5 Å². The topological polar surface area (TPSA) is 20.3 Å². The summed E-state index contributed by atoms with van der Waals surface area (Å²) in [5.41, 5.74) is 2.11. The van der Waals surface area contributed by atoms with Crippen LogP contribution >= 0.6 is 0 Å². The number of carbonyl (C=O) groups excluding carboxylic acids is 1. The molecule has 0 N–H and O–H groups in total. The van der Waals surface area contributed by atoms with Gasteiger partial charge < -0.3 is 4.90 Å². The number of rotatable bonds is 6. The molecule has 2 nitrogen and oxygen atoms in total. The molecule has 1 atom stereocenters. The summed E-state index contributed by atoms with van der Waals surface area (Å²) in [5.74, 6) is 0.326. The highest BCUT2D eigenvalue weighted by Crippen LogP contribution is 2.22. The average molecular weight is 279 g/mol. The van der Waals surface area contributed by atoms with Gasteiger partial charge in [0, 0.05) is 18.7 Å². The van der Waals surface area contributed by atoms with Gasteiger partial charge in [0.1, 0.15) is 0 Å². The molecule has 21 heavy (non-hydrogen) atoms. The van der Waals surface area contributed by atoms with Crippen LogP contribution in [0.25, 0.3) is 0 Å². The van der Waals surface area contributed by atoms with Crippen LogP contribution in [0.2, 0.25) is 0 Å². The van der Waals surface area contributed by atoms with E-state index in [1.54, 1.807) is 11.0 Å². The summed E-state index contributed by atoms with van der Waals surface area (Å²) in [5, 5.41) is 0. The maximum Gasteiger partial charge on any atom is 0.227 e. The van der Waals surface area contributed by atoms with Crippen molar-refractivity contribution in [1.82, 2.24) is 0 Å². The second kappa shape index (κ2) is 7.44. The lowest BCUT2D eigenvalue weighted by Gasteiger charge is -2.23. The normalized spacial score (nSPS) is 11.7. The summed E-state index contributed by atoms with van der Waals surface area (Å²) in [7, 11) is 0. The van der Waals surface area contributed by atoms with Gasteiger partial charge >= 0.3 is 0 Å². The number of benzene rings is 2. The van der Waals surface area contributed by atoms with Gasteiger partial charge in [0.15, 0.2) is 0 Å². The van der Waals surface area contributed by atoms with Gasteiger partial charge in [-0.2, -0.15) is 0 Å². The highest BCUT2D eigenvalue weighted by Gasteiger charge is 2.18. The van der Waals surface area contributed by atoms with Gasteiger partial charge in [0.2, 0.25) is 5.91 Å². The molecule has 0 radical (unpaired) electrons. The first-order valence-electron chi connectivity index (χ1n) is 7.23. The van der Waals surface area contributed by atoms with Gasteiger partial charge in [-0.05, 0) is 23.6 Å². The molecule has 0 bridgehead atoms. The van der Waals surface area contributed by atoms with Crippen molar-refractivity contribution in [3.05, 3.63) is 78.9 Å².